The fraction of sp³-hybridized carbons (Fsp3) is 0.667. The van der Waals surface area contributed by atoms with Crippen LogP contribution >= 0.6 is 36.2 Å². The summed E-state index contributed by atoms with van der Waals surface area (Å²) in [6.45, 7) is 3.60. The lowest BCUT2D eigenvalue weighted by molar-refractivity contribution is -0.127. The third-order valence-electron chi connectivity index (χ3n) is 3.23. The van der Waals surface area contributed by atoms with Gasteiger partial charge in [0.15, 0.2) is 0 Å². The number of nitrogens with one attached hydrogen (secondary N) is 2. The number of carbonyl (C=O) groups is 1. The molecule has 1 aromatic rings. The minimum absolute atomic E-state index is 0. The minimum Gasteiger partial charge on any atom is -0.354 e. The summed E-state index contributed by atoms with van der Waals surface area (Å²) >= 11 is 1.63. The van der Waals surface area contributed by atoms with Gasteiger partial charge < -0.3 is 10.6 Å². The lowest BCUT2D eigenvalue weighted by Gasteiger charge is -2.33. The molecule has 1 aliphatic rings. The van der Waals surface area contributed by atoms with Crippen molar-refractivity contribution in [1.82, 2.24) is 15.6 Å². The molecular weight excluding hydrogens is 305 g/mol. The van der Waals surface area contributed by atoms with Gasteiger partial charge in [0.25, 0.3) is 0 Å². The van der Waals surface area contributed by atoms with Crippen LogP contribution in [-0.4, -0.2) is 29.5 Å². The van der Waals surface area contributed by atoms with Gasteiger partial charge in [-0.05, 0) is 32.7 Å². The van der Waals surface area contributed by atoms with Gasteiger partial charge in [0.05, 0.1) is 10.5 Å². The van der Waals surface area contributed by atoms with Gasteiger partial charge in [0.1, 0.15) is 0 Å². The second kappa shape index (κ2) is 8.74. The predicted molar refractivity (Wildman–Crippen MR) is 83.6 cm³/mol. The fourth-order valence-corrected chi connectivity index (χ4v) is 2.72. The summed E-state index contributed by atoms with van der Waals surface area (Å²) in [5.74, 6) is 0.119. The summed E-state index contributed by atoms with van der Waals surface area (Å²) in [4.78, 5) is 16.3. The Labute approximate surface area is 130 Å². The van der Waals surface area contributed by atoms with E-state index in [4.69, 9.17) is 0 Å². The number of halogens is 2. The fourth-order valence-electron chi connectivity index (χ4n) is 2.10. The number of aromatic nitrogens is 1. The Morgan fingerprint density at radius 3 is 2.89 bits per heavy atom. The summed E-state index contributed by atoms with van der Waals surface area (Å²) in [7, 11) is 0. The van der Waals surface area contributed by atoms with Gasteiger partial charge in [0, 0.05) is 24.5 Å². The first kappa shape index (κ1) is 18.6. The third-order valence-corrected chi connectivity index (χ3v) is 4.07. The second-order valence-electron chi connectivity index (χ2n) is 4.65. The molecule has 2 N–H and O–H groups in total. The smallest absolute Gasteiger partial charge is 0.240 e. The second-order valence-corrected chi connectivity index (χ2v) is 5.63. The quantitative estimate of drug-likeness (QED) is 0.892. The molecule has 1 amide bonds. The number of rotatable bonds is 4. The first-order valence-electron chi connectivity index (χ1n) is 6.12. The van der Waals surface area contributed by atoms with Crippen LogP contribution in [0.4, 0.5) is 0 Å². The minimum atomic E-state index is -0.374. The average Bonchev–Trinajstić information content (AvgIpc) is 2.83. The van der Waals surface area contributed by atoms with Crippen molar-refractivity contribution in [3.8, 4) is 0 Å². The zero-order chi connectivity index (χ0) is 12.1. The van der Waals surface area contributed by atoms with Crippen molar-refractivity contribution in [2.75, 3.05) is 13.1 Å². The van der Waals surface area contributed by atoms with E-state index in [0.29, 0.717) is 6.54 Å². The van der Waals surface area contributed by atoms with E-state index < -0.39 is 0 Å². The van der Waals surface area contributed by atoms with E-state index in [1.165, 1.54) is 6.42 Å². The molecule has 4 nitrogen and oxygen atoms in total. The monoisotopic (exact) mass is 325 g/mol. The molecule has 1 fully saturated rings. The van der Waals surface area contributed by atoms with Gasteiger partial charge in [-0.2, -0.15) is 0 Å². The van der Waals surface area contributed by atoms with E-state index in [2.05, 4.69) is 15.6 Å². The summed E-state index contributed by atoms with van der Waals surface area (Å²) < 4.78 is 0. The average molecular weight is 326 g/mol. The molecule has 1 unspecified atom stereocenters. The van der Waals surface area contributed by atoms with Crippen molar-refractivity contribution in [3.63, 3.8) is 0 Å². The van der Waals surface area contributed by atoms with E-state index in [-0.39, 0.29) is 36.3 Å². The number of carbonyl (C=O) groups excluding carboxylic acids is 1. The van der Waals surface area contributed by atoms with Crippen LogP contribution < -0.4 is 10.6 Å². The zero-order valence-electron chi connectivity index (χ0n) is 11.0. The Morgan fingerprint density at radius 1 is 1.53 bits per heavy atom. The highest BCUT2D eigenvalue weighted by Gasteiger charge is 2.33. The van der Waals surface area contributed by atoms with Crippen molar-refractivity contribution in [1.29, 1.82) is 0 Å². The number of piperidine rings is 1. The maximum Gasteiger partial charge on any atom is 0.240 e. The molecule has 0 radical (unpaired) electrons. The number of hydrogen-bond donors (Lipinski definition) is 2. The lowest BCUT2D eigenvalue weighted by Crippen LogP contribution is -2.57. The van der Waals surface area contributed by atoms with Crippen molar-refractivity contribution in [2.24, 2.45) is 0 Å². The Hall–Kier alpha value is -0.360. The molecule has 2 rings (SSSR count). The van der Waals surface area contributed by atoms with E-state index >= 15 is 0 Å². The van der Waals surface area contributed by atoms with Gasteiger partial charge in [0.2, 0.25) is 5.91 Å². The molecule has 1 aliphatic heterocycles. The molecule has 2 heterocycles. The number of nitrogens with zero attached hydrogens (tertiary/aromatic N) is 1. The lowest BCUT2D eigenvalue weighted by atomic mass is 9.90. The molecule has 0 aliphatic carbocycles. The van der Waals surface area contributed by atoms with Crippen LogP contribution in [0.1, 0.15) is 31.2 Å². The van der Waals surface area contributed by atoms with Crippen LogP contribution in [0, 0.1) is 0 Å². The highest BCUT2D eigenvalue weighted by molar-refractivity contribution is 7.09. The molecule has 0 saturated carbocycles. The van der Waals surface area contributed by atoms with Gasteiger partial charge in [-0.15, -0.1) is 36.2 Å². The van der Waals surface area contributed by atoms with Crippen LogP contribution in [-0.2, 0) is 11.2 Å². The number of thiazole rings is 1. The van der Waals surface area contributed by atoms with Crippen molar-refractivity contribution in [3.05, 3.63) is 16.6 Å². The van der Waals surface area contributed by atoms with Crippen LogP contribution in [0.25, 0.3) is 0 Å². The van der Waals surface area contributed by atoms with Gasteiger partial charge in [-0.3, -0.25) is 4.79 Å². The molecular formula is C12H21Cl2N3OS. The van der Waals surface area contributed by atoms with Crippen LogP contribution in [0.15, 0.2) is 11.6 Å². The first-order chi connectivity index (χ1) is 8.21. The Morgan fingerprint density at radius 2 is 2.32 bits per heavy atom. The number of hydrogen-bond acceptors (Lipinski definition) is 4. The first-order valence-corrected chi connectivity index (χ1v) is 7.00. The zero-order valence-corrected chi connectivity index (χ0v) is 13.4. The molecule has 1 aromatic heterocycles. The predicted octanol–water partition coefficient (Wildman–Crippen LogP) is 2.18. The summed E-state index contributed by atoms with van der Waals surface area (Å²) in [5, 5.41) is 9.35. The highest BCUT2D eigenvalue weighted by atomic mass is 35.5. The molecule has 1 saturated heterocycles. The molecule has 0 bridgehead atoms. The normalized spacial score (nSPS) is 21.9. The maximum atomic E-state index is 12.1. The van der Waals surface area contributed by atoms with Gasteiger partial charge in [-0.1, -0.05) is 0 Å². The summed E-state index contributed by atoms with van der Waals surface area (Å²) in [6, 6.07) is 0. The standard InChI is InChI=1S/C12H19N3OS.2ClH/c1-12(5-2-3-6-15-12)11(16)14-7-4-10-13-8-9-17-10;;/h8-9,15H,2-7H2,1H3,(H,14,16);2*1H. The molecule has 19 heavy (non-hydrogen) atoms. The SMILES string of the molecule is CC1(C(=O)NCCc2nccs2)CCCCN1.Cl.Cl. The maximum absolute atomic E-state index is 12.1. The van der Waals surface area contributed by atoms with E-state index in [1.54, 1.807) is 17.5 Å². The summed E-state index contributed by atoms with van der Waals surface area (Å²) in [5.41, 5.74) is -0.374. The van der Waals surface area contributed by atoms with Crippen molar-refractivity contribution >= 4 is 42.1 Å². The van der Waals surface area contributed by atoms with E-state index in [9.17, 15) is 4.79 Å². The molecule has 0 spiro atoms. The van der Waals surface area contributed by atoms with Gasteiger partial charge in [-0.25, -0.2) is 4.98 Å². The molecule has 7 heteroatoms. The Kier molecular flexibility index (Phi) is 8.57. The molecule has 1 atom stereocenters. The molecule has 0 aromatic carbocycles. The van der Waals surface area contributed by atoms with Crippen LogP contribution in [0.3, 0.4) is 0 Å². The Balaban J connectivity index is 0.00000162. The number of amides is 1. The topological polar surface area (TPSA) is 54.0 Å². The highest BCUT2D eigenvalue weighted by Crippen LogP contribution is 2.18. The van der Waals surface area contributed by atoms with Crippen LogP contribution in [0.2, 0.25) is 0 Å². The van der Waals surface area contributed by atoms with Crippen molar-refractivity contribution in [2.45, 2.75) is 38.1 Å². The largest absolute Gasteiger partial charge is 0.354 e. The third kappa shape index (κ3) is 5.26. The summed E-state index contributed by atoms with van der Waals surface area (Å²) in [6.07, 6.45) is 5.84. The van der Waals surface area contributed by atoms with Gasteiger partial charge >= 0.3 is 0 Å². The van der Waals surface area contributed by atoms with E-state index in [0.717, 1.165) is 30.8 Å². The van der Waals surface area contributed by atoms with Crippen molar-refractivity contribution < 1.29 is 4.79 Å². The Bertz CT molecular complexity index is 367. The molecule has 110 valence electrons. The van der Waals surface area contributed by atoms with Crippen LogP contribution in [0.5, 0.6) is 0 Å². The van der Waals surface area contributed by atoms with E-state index in [1.807, 2.05) is 12.3 Å².